The third kappa shape index (κ3) is 3.09. The third-order valence-corrected chi connectivity index (χ3v) is 3.79. The second-order valence-electron chi connectivity index (χ2n) is 5.15. The van der Waals surface area contributed by atoms with Gasteiger partial charge in [0.25, 0.3) is 0 Å². The largest absolute Gasteiger partial charge is 0.481 e. The van der Waals surface area contributed by atoms with Crippen LogP contribution >= 0.6 is 0 Å². The maximum absolute atomic E-state index is 10.7. The molecule has 17 heavy (non-hydrogen) atoms. The molecule has 1 N–H and O–H groups in total. The van der Waals surface area contributed by atoms with Crippen LogP contribution in [0.1, 0.15) is 62.0 Å². The summed E-state index contributed by atoms with van der Waals surface area (Å²) in [5, 5.41) is 8.83. The Hall–Kier alpha value is -1.31. The molecule has 0 bridgehead atoms. The van der Waals surface area contributed by atoms with Crippen molar-refractivity contribution in [3.05, 3.63) is 35.4 Å². The van der Waals surface area contributed by atoms with Gasteiger partial charge >= 0.3 is 5.97 Å². The highest BCUT2D eigenvalue weighted by molar-refractivity contribution is 5.68. The van der Waals surface area contributed by atoms with Gasteiger partial charge in [-0.15, -0.1) is 0 Å². The minimum Gasteiger partial charge on any atom is -0.481 e. The smallest absolute Gasteiger partial charge is 0.303 e. The van der Waals surface area contributed by atoms with Crippen LogP contribution in [-0.4, -0.2) is 11.1 Å². The summed E-state index contributed by atoms with van der Waals surface area (Å²) in [4.78, 5) is 10.7. The molecule has 0 saturated heterocycles. The summed E-state index contributed by atoms with van der Waals surface area (Å²) in [6.45, 7) is 1.99. The van der Waals surface area contributed by atoms with Crippen molar-refractivity contribution in [3.8, 4) is 0 Å². The van der Waals surface area contributed by atoms with Crippen LogP contribution < -0.4 is 0 Å². The molecular formula is C15H20O2. The predicted octanol–water partition coefficient (Wildman–Crippen LogP) is 3.92. The van der Waals surface area contributed by atoms with Crippen LogP contribution in [0.25, 0.3) is 0 Å². The van der Waals surface area contributed by atoms with Crippen LogP contribution in [-0.2, 0) is 4.79 Å². The Kier molecular flexibility index (Phi) is 3.82. The van der Waals surface area contributed by atoms with Gasteiger partial charge in [0, 0.05) is 0 Å². The van der Waals surface area contributed by atoms with Crippen LogP contribution in [0.2, 0.25) is 0 Å². The van der Waals surface area contributed by atoms with Gasteiger partial charge in [-0.1, -0.05) is 44.0 Å². The van der Waals surface area contributed by atoms with Gasteiger partial charge in [0.15, 0.2) is 0 Å². The van der Waals surface area contributed by atoms with Crippen molar-refractivity contribution in [1.29, 1.82) is 0 Å². The number of benzene rings is 1. The first-order valence-corrected chi connectivity index (χ1v) is 6.48. The number of aliphatic carboxylic acids is 1. The molecule has 1 saturated carbocycles. The molecule has 0 amide bonds. The molecule has 1 fully saturated rings. The van der Waals surface area contributed by atoms with Crippen molar-refractivity contribution in [2.24, 2.45) is 0 Å². The highest BCUT2D eigenvalue weighted by atomic mass is 16.4. The zero-order valence-electron chi connectivity index (χ0n) is 10.4. The Balaban J connectivity index is 2.12. The summed E-state index contributed by atoms with van der Waals surface area (Å²) in [6, 6.07) is 8.52. The van der Waals surface area contributed by atoms with E-state index in [9.17, 15) is 4.79 Å². The minimum atomic E-state index is -0.719. The van der Waals surface area contributed by atoms with E-state index < -0.39 is 5.97 Å². The monoisotopic (exact) mass is 232 g/mol. The molecule has 1 aromatic rings. The summed E-state index contributed by atoms with van der Waals surface area (Å²) < 4.78 is 0. The third-order valence-electron chi connectivity index (χ3n) is 3.79. The lowest BCUT2D eigenvalue weighted by molar-refractivity contribution is -0.137. The fourth-order valence-corrected chi connectivity index (χ4v) is 2.76. The molecule has 0 aliphatic heterocycles. The first-order valence-electron chi connectivity index (χ1n) is 6.48. The van der Waals surface area contributed by atoms with E-state index in [4.69, 9.17) is 5.11 Å². The van der Waals surface area contributed by atoms with E-state index in [2.05, 4.69) is 18.2 Å². The number of carboxylic acid groups (broad SMARTS) is 1. The van der Waals surface area contributed by atoms with E-state index in [-0.39, 0.29) is 12.3 Å². The van der Waals surface area contributed by atoms with Crippen molar-refractivity contribution in [1.82, 2.24) is 0 Å². The number of hydrogen-bond acceptors (Lipinski definition) is 1. The fraction of sp³-hybridized carbons (Fsp3) is 0.533. The molecule has 0 radical (unpaired) electrons. The highest BCUT2D eigenvalue weighted by Crippen LogP contribution is 2.35. The Bertz CT molecular complexity index is 392. The molecule has 2 nitrogen and oxygen atoms in total. The molecule has 0 aromatic heterocycles. The van der Waals surface area contributed by atoms with Gasteiger partial charge in [-0.25, -0.2) is 0 Å². The lowest BCUT2D eigenvalue weighted by atomic mass is 9.91. The summed E-state index contributed by atoms with van der Waals surface area (Å²) in [7, 11) is 0. The Morgan fingerprint density at radius 2 is 2.12 bits per heavy atom. The standard InChI is InChI=1S/C15H20O2/c1-11(9-15(16)17)13-7-4-8-14(10-13)12-5-2-3-6-12/h4,7-8,10-12H,2-3,5-6,9H2,1H3,(H,16,17). The second kappa shape index (κ2) is 5.35. The van der Waals surface area contributed by atoms with Crippen molar-refractivity contribution in [3.63, 3.8) is 0 Å². The fourth-order valence-electron chi connectivity index (χ4n) is 2.76. The molecule has 1 aliphatic rings. The summed E-state index contributed by atoms with van der Waals surface area (Å²) in [5.41, 5.74) is 2.56. The van der Waals surface area contributed by atoms with Gasteiger partial charge in [-0.2, -0.15) is 0 Å². The lowest BCUT2D eigenvalue weighted by Gasteiger charge is -2.14. The van der Waals surface area contributed by atoms with Crippen LogP contribution in [0.4, 0.5) is 0 Å². The van der Waals surface area contributed by atoms with E-state index in [0.717, 1.165) is 5.56 Å². The Labute approximate surface area is 103 Å². The predicted molar refractivity (Wildman–Crippen MR) is 68.3 cm³/mol. The summed E-state index contributed by atoms with van der Waals surface area (Å²) in [5.74, 6) is 0.0876. The first-order chi connectivity index (χ1) is 8.16. The van der Waals surface area contributed by atoms with E-state index in [1.54, 1.807) is 0 Å². The molecule has 0 spiro atoms. The molecule has 1 atom stereocenters. The average molecular weight is 232 g/mol. The molecular weight excluding hydrogens is 212 g/mol. The molecule has 92 valence electrons. The van der Waals surface area contributed by atoms with Crippen LogP contribution in [0.15, 0.2) is 24.3 Å². The second-order valence-corrected chi connectivity index (χ2v) is 5.15. The van der Waals surface area contributed by atoms with Gasteiger partial charge < -0.3 is 5.11 Å². The average Bonchev–Trinajstić information content (AvgIpc) is 2.82. The minimum absolute atomic E-state index is 0.105. The quantitative estimate of drug-likeness (QED) is 0.854. The van der Waals surface area contributed by atoms with Crippen LogP contribution in [0.5, 0.6) is 0 Å². The number of carboxylic acids is 1. The lowest BCUT2D eigenvalue weighted by Crippen LogP contribution is -2.03. The summed E-state index contributed by atoms with van der Waals surface area (Å²) in [6.07, 6.45) is 5.46. The van der Waals surface area contributed by atoms with Gasteiger partial charge in [0.1, 0.15) is 0 Å². The van der Waals surface area contributed by atoms with Crippen LogP contribution in [0.3, 0.4) is 0 Å². The van der Waals surface area contributed by atoms with E-state index in [1.165, 1.54) is 31.2 Å². The topological polar surface area (TPSA) is 37.3 Å². The van der Waals surface area contributed by atoms with Crippen molar-refractivity contribution in [2.45, 2.75) is 50.9 Å². The van der Waals surface area contributed by atoms with E-state index >= 15 is 0 Å². The van der Waals surface area contributed by atoms with Crippen LogP contribution in [0, 0.1) is 0 Å². The number of carbonyl (C=O) groups is 1. The zero-order chi connectivity index (χ0) is 12.3. The van der Waals surface area contributed by atoms with Crippen molar-refractivity contribution < 1.29 is 9.90 Å². The number of rotatable bonds is 4. The van der Waals surface area contributed by atoms with Crippen molar-refractivity contribution in [2.75, 3.05) is 0 Å². The highest BCUT2D eigenvalue weighted by Gasteiger charge is 2.18. The first kappa shape index (κ1) is 12.2. The number of hydrogen-bond donors (Lipinski definition) is 1. The Morgan fingerprint density at radius 3 is 2.76 bits per heavy atom. The molecule has 1 unspecified atom stereocenters. The SMILES string of the molecule is CC(CC(=O)O)c1cccc(C2CCCC2)c1. The molecule has 1 aliphatic carbocycles. The van der Waals surface area contributed by atoms with Gasteiger partial charge in [0.2, 0.25) is 0 Å². The molecule has 2 heteroatoms. The normalized spacial score (nSPS) is 18.2. The maximum Gasteiger partial charge on any atom is 0.303 e. The Morgan fingerprint density at radius 1 is 1.41 bits per heavy atom. The van der Waals surface area contributed by atoms with E-state index in [1.807, 2.05) is 13.0 Å². The van der Waals surface area contributed by atoms with Gasteiger partial charge in [-0.3, -0.25) is 4.79 Å². The van der Waals surface area contributed by atoms with E-state index in [0.29, 0.717) is 5.92 Å². The molecule has 0 heterocycles. The summed E-state index contributed by atoms with van der Waals surface area (Å²) >= 11 is 0. The molecule has 1 aromatic carbocycles. The zero-order valence-corrected chi connectivity index (χ0v) is 10.4. The maximum atomic E-state index is 10.7. The van der Waals surface area contributed by atoms with Crippen molar-refractivity contribution >= 4 is 5.97 Å². The van der Waals surface area contributed by atoms with Gasteiger partial charge in [0.05, 0.1) is 6.42 Å². The molecule has 2 rings (SSSR count). The van der Waals surface area contributed by atoms with Gasteiger partial charge in [-0.05, 0) is 35.8 Å².